The zero-order chi connectivity index (χ0) is 16.1. The first-order valence-electron chi connectivity index (χ1n) is 7.00. The van der Waals surface area contributed by atoms with E-state index in [1.807, 2.05) is 13.8 Å². The summed E-state index contributed by atoms with van der Waals surface area (Å²) in [7, 11) is 1.60. The summed E-state index contributed by atoms with van der Waals surface area (Å²) >= 11 is 1.49. The highest BCUT2D eigenvalue weighted by Crippen LogP contribution is 2.28. The molecule has 0 bridgehead atoms. The van der Waals surface area contributed by atoms with Crippen molar-refractivity contribution < 1.29 is 13.9 Å². The van der Waals surface area contributed by atoms with Crippen LogP contribution in [0, 0.1) is 12.7 Å². The van der Waals surface area contributed by atoms with Gasteiger partial charge in [0.1, 0.15) is 5.82 Å². The SMILES string of the molecule is COC[C@@H](C)NC(=O)Cc1sc(C)nc1-c1ccc(F)cc1. The molecular formula is C16H19FN2O2S. The van der Waals surface area contributed by atoms with Crippen LogP contribution in [0.3, 0.4) is 0 Å². The number of carbonyl (C=O) groups is 1. The lowest BCUT2D eigenvalue weighted by Gasteiger charge is -2.12. The van der Waals surface area contributed by atoms with E-state index in [0.29, 0.717) is 6.61 Å². The summed E-state index contributed by atoms with van der Waals surface area (Å²) in [5.74, 6) is -0.361. The topological polar surface area (TPSA) is 51.2 Å². The van der Waals surface area contributed by atoms with Gasteiger partial charge in [-0.1, -0.05) is 0 Å². The van der Waals surface area contributed by atoms with Crippen LogP contribution in [0.25, 0.3) is 11.3 Å². The van der Waals surface area contributed by atoms with Gasteiger partial charge in [-0.3, -0.25) is 4.79 Å². The summed E-state index contributed by atoms with van der Waals surface area (Å²) in [6, 6.07) is 6.11. The van der Waals surface area contributed by atoms with Crippen LogP contribution in [0.4, 0.5) is 4.39 Å². The molecule has 6 heteroatoms. The fraction of sp³-hybridized carbons (Fsp3) is 0.375. The van der Waals surface area contributed by atoms with Crippen LogP contribution in [0.2, 0.25) is 0 Å². The normalized spacial score (nSPS) is 12.2. The van der Waals surface area contributed by atoms with E-state index in [9.17, 15) is 9.18 Å². The van der Waals surface area contributed by atoms with Crippen molar-refractivity contribution in [3.05, 3.63) is 40.0 Å². The van der Waals surface area contributed by atoms with E-state index >= 15 is 0 Å². The van der Waals surface area contributed by atoms with Crippen LogP contribution >= 0.6 is 11.3 Å². The fourth-order valence-corrected chi connectivity index (χ4v) is 3.14. The van der Waals surface area contributed by atoms with Gasteiger partial charge in [0.05, 0.1) is 23.7 Å². The van der Waals surface area contributed by atoms with Crippen LogP contribution in [-0.4, -0.2) is 30.6 Å². The first kappa shape index (κ1) is 16.6. The monoisotopic (exact) mass is 322 g/mol. The smallest absolute Gasteiger partial charge is 0.225 e. The molecule has 0 aliphatic rings. The Morgan fingerprint density at radius 2 is 2.09 bits per heavy atom. The molecule has 0 unspecified atom stereocenters. The molecule has 0 spiro atoms. The highest BCUT2D eigenvalue weighted by molar-refractivity contribution is 7.12. The van der Waals surface area contributed by atoms with Gasteiger partial charge in [-0.05, 0) is 38.1 Å². The number of nitrogens with one attached hydrogen (secondary N) is 1. The number of methoxy groups -OCH3 is 1. The predicted molar refractivity (Wildman–Crippen MR) is 85.4 cm³/mol. The van der Waals surface area contributed by atoms with Crippen molar-refractivity contribution in [3.8, 4) is 11.3 Å². The molecule has 2 rings (SSSR count). The molecule has 1 heterocycles. The molecule has 1 N–H and O–H groups in total. The third-order valence-corrected chi connectivity index (χ3v) is 4.04. The lowest BCUT2D eigenvalue weighted by atomic mass is 10.1. The maximum Gasteiger partial charge on any atom is 0.225 e. The number of benzene rings is 1. The van der Waals surface area contributed by atoms with Crippen molar-refractivity contribution in [1.82, 2.24) is 10.3 Å². The maximum atomic E-state index is 13.0. The number of hydrogen-bond acceptors (Lipinski definition) is 4. The van der Waals surface area contributed by atoms with Gasteiger partial charge >= 0.3 is 0 Å². The van der Waals surface area contributed by atoms with Crippen LogP contribution in [0.15, 0.2) is 24.3 Å². The number of amides is 1. The second-order valence-electron chi connectivity index (χ2n) is 5.11. The molecule has 2 aromatic rings. The molecule has 0 radical (unpaired) electrons. The third-order valence-electron chi connectivity index (χ3n) is 3.07. The van der Waals surface area contributed by atoms with Crippen molar-refractivity contribution in [1.29, 1.82) is 0 Å². The molecule has 0 saturated carbocycles. The third kappa shape index (κ3) is 4.35. The molecule has 22 heavy (non-hydrogen) atoms. The average Bonchev–Trinajstić information content (AvgIpc) is 2.80. The Labute approximate surface area is 133 Å². The Balaban J connectivity index is 2.15. The highest BCUT2D eigenvalue weighted by atomic mass is 32.1. The molecule has 4 nitrogen and oxygen atoms in total. The standard InChI is InChI=1S/C16H19FN2O2S/c1-10(9-21-3)18-15(20)8-14-16(19-11(2)22-14)12-4-6-13(17)7-5-12/h4-7,10H,8-9H2,1-3H3,(H,18,20)/t10-/m1/s1. The number of aromatic nitrogens is 1. The average molecular weight is 322 g/mol. The molecular weight excluding hydrogens is 303 g/mol. The van der Waals surface area contributed by atoms with E-state index in [2.05, 4.69) is 10.3 Å². The number of nitrogens with zero attached hydrogens (tertiary/aromatic N) is 1. The zero-order valence-electron chi connectivity index (χ0n) is 12.9. The lowest BCUT2D eigenvalue weighted by Crippen LogP contribution is -2.36. The van der Waals surface area contributed by atoms with Gasteiger partial charge in [-0.25, -0.2) is 9.37 Å². The van der Waals surface area contributed by atoms with Gasteiger partial charge in [0.25, 0.3) is 0 Å². The van der Waals surface area contributed by atoms with Crippen molar-refractivity contribution in [2.24, 2.45) is 0 Å². The molecule has 1 aromatic heterocycles. The Hall–Kier alpha value is -1.79. The number of rotatable bonds is 6. The Morgan fingerprint density at radius 1 is 1.41 bits per heavy atom. The van der Waals surface area contributed by atoms with Gasteiger partial charge in [0.15, 0.2) is 0 Å². The molecule has 0 fully saturated rings. The number of ether oxygens (including phenoxy) is 1. The zero-order valence-corrected chi connectivity index (χ0v) is 13.7. The van der Waals surface area contributed by atoms with Crippen LogP contribution in [-0.2, 0) is 16.0 Å². The fourth-order valence-electron chi connectivity index (χ4n) is 2.19. The van der Waals surface area contributed by atoms with Gasteiger partial charge in [-0.2, -0.15) is 0 Å². The minimum Gasteiger partial charge on any atom is -0.383 e. The number of halogens is 1. The first-order chi connectivity index (χ1) is 10.5. The molecule has 1 amide bonds. The maximum absolute atomic E-state index is 13.0. The van der Waals surface area contributed by atoms with Crippen molar-refractivity contribution in [3.63, 3.8) is 0 Å². The number of carbonyl (C=O) groups excluding carboxylic acids is 1. The van der Waals surface area contributed by atoms with Crippen molar-refractivity contribution in [2.75, 3.05) is 13.7 Å². The van der Waals surface area contributed by atoms with E-state index in [1.54, 1.807) is 19.2 Å². The van der Waals surface area contributed by atoms with Gasteiger partial charge in [-0.15, -0.1) is 11.3 Å². The summed E-state index contributed by atoms with van der Waals surface area (Å²) in [6.07, 6.45) is 0.256. The first-order valence-corrected chi connectivity index (χ1v) is 7.81. The van der Waals surface area contributed by atoms with Crippen molar-refractivity contribution >= 4 is 17.2 Å². The number of thiazole rings is 1. The van der Waals surface area contributed by atoms with Gasteiger partial charge in [0.2, 0.25) is 5.91 Å². The second kappa shape index (κ2) is 7.47. The van der Waals surface area contributed by atoms with E-state index < -0.39 is 0 Å². The lowest BCUT2D eigenvalue weighted by molar-refractivity contribution is -0.121. The molecule has 0 saturated heterocycles. The minimum absolute atomic E-state index is 0.0409. The summed E-state index contributed by atoms with van der Waals surface area (Å²) in [5.41, 5.74) is 1.57. The van der Waals surface area contributed by atoms with E-state index in [4.69, 9.17) is 4.74 Å². The summed E-state index contributed by atoms with van der Waals surface area (Å²) in [4.78, 5) is 17.4. The van der Waals surface area contributed by atoms with E-state index in [0.717, 1.165) is 21.1 Å². The second-order valence-corrected chi connectivity index (χ2v) is 6.40. The number of hydrogen-bond donors (Lipinski definition) is 1. The van der Waals surface area contributed by atoms with Crippen molar-refractivity contribution in [2.45, 2.75) is 26.3 Å². The predicted octanol–water partition coefficient (Wildman–Crippen LogP) is 2.95. The molecule has 0 aliphatic heterocycles. The molecule has 118 valence electrons. The summed E-state index contributed by atoms with van der Waals surface area (Å²) in [6.45, 7) is 4.26. The highest BCUT2D eigenvalue weighted by Gasteiger charge is 2.16. The molecule has 1 atom stereocenters. The Bertz CT molecular complexity index is 640. The minimum atomic E-state index is -0.289. The van der Waals surface area contributed by atoms with Crippen LogP contribution < -0.4 is 5.32 Å². The quantitative estimate of drug-likeness (QED) is 0.889. The molecule has 1 aromatic carbocycles. The van der Waals surface area contributed by atoms with Crippen LogP contribution in [0.5, 0.6) is 0 Å². The van der Waals surface area contributed by atoms with Gasteiger partial charge < -0.3 is 10.1 Å². The Kier molecular flexibility index (Phi) is 5.63. The van der Waals surface area contributed by atoms with Gasteiger partial charge in [0, 0.05) is 23.6 Å². The van der Waals surface area contributed by atoms with E-state index in [1.165, 1.54) is 23.5 Å². The Morgan fingerprint density at radius 3 is 2.73 bits per heavy atom. The molecule has 0 aliphatic carbocycles. The van der Waals surface area contributed by atoms with E-state index in [-0.39, 0.29) is 24.2 Å². The summed E-state index contributed by atoms with van der Waals surface area (Å²) < 4.78 is 18.0. The van der Waals surface area contributed by atoms with Crippen LogP contribution in [0.1, 0.15) is 16.8 Å². The number of aryl methyl sites for hydroxylation is 1. The largest absolute Gasteiger partial charge is 0.383 e. The summed E-state index contributed by atoms with van der Waals surface area (Å²) in [5, 5.41) is 3.76.